The van der Waals surface area contributed by atoms with Gasteiger partial charge in [0, 0.05) is 45.3 Å². The lowest BCUT2D eigenvalue weighted by molar-refractivity contribution is 0.182. The zero-order chi connectivity index (χ0) is 27.4. The van der Waals surface area contributed by atoms with Crippen molar-refractivity contribution in [3.63, 3.8) is 0 Å². The van der Waals surface area contributed by atoms with Crippen molar-refractivity contribution in [2.75, 3.05) is 46.0 Å². The molecule has 3 aromatic rings. The molecule has 1 aromatic carbocycles. The number of sulfonamides is 1. The average Bonchev–Trinajstić information content (AvgIpc) is 3.16. The number of aromatic amines is 1. The second kappa shape index (κ2) is 12.1. The number of hydrogen-bond donors (Lipinski definition) is 1. The number of halogens is 2. The number of fused-ring (bicyclic) bond motifs is 1. The van der Waals surface area contributed by atoms with Gasteiger partial charge in [-0.2, -0.15) is 4.31 Å². The number of aryl methyl sites for hydroxylation is 2. The number of benzene rings is 1. The zero-order valence-corrected chi connectivity index (χ0v) is 23.7. The third kappa shape index (κ3) is 5.61. The van der Waals surface area contributed by atoms with E-state index in [4.69, 9.17) is 21.3 Å². The van der Waals surface area contributed by atoms with Crippen LogP contribution in [0.15, 0.2) is 27.9 Å². The molecule has 38 heavy (non-hydrogen) atoms. The van der Waals surface area contributed by atoms with Gasteiger partial charge in [0.05, 0.1) is 23.7 Å². The predicted octanol–water partition coefficient (Wildman–Crippen LogP) is 3.99. The summed E-state index contributed by atoms with van der Waals surface area (Å²) in [6, 6.07) is 4.66. The van der Waals surface area contributed by atoms with E-state index >= 15 is 0 Å². The van der Waals surface area contributed by atoms with E-state index in [0.29, 0.717) is 79.7 Å². The van der Waals surface area contributed by atoms with Crippen molar-refractivity contribution in [2.24, 2.45) is 7.05 Å². The van der Waals surface area contributed by atoms with E-state index in [2.05, 4.69) is 9.88 Å². The van der Waals surface area contributed by atoms with Crippen molar-refractivity contribution in [1.82, 2.24) is 23.7 Å². The van der Waals surface area contributed by atoms with Crippen molar-refractivity contribution in [2.45, 2.75) is 44.4 Å². The summed E-state index contributed by atoms with van der Waals surface area (Å²) in [5, 5.41) is 0.460. The first-order valence-electron chi connectivity index (χ1n) is 13.1. The van der Waals surface area contributed by atoms with Crippen LogP contribution in [0, 0.1) is 0 Å². The normalized spacial score (nSPS) is 15.4. The summed E-state index contributed by atoms with van der Waals surface area (Å²) in [5.74, 6) is 0.657. The van der Waals surface area contributed by atoms with Crippen LogP contribution in [-0.4, -0.2) is 78.2 Å². The molecule has 0 saturated carbocycles. The maximum atomic E-state index is 13.6. The molecule has 0 amide bonds. The van der Waals surface area contributed by atoms with Crippen molar-refractivity contribution < 1.29 is 17.5 Å². The lowest BCUT2D eigenvalue weighted by Gasteiger charge is -2.33. The number of piperazine rings is 1. The van der Waals surface area contributed by atoms with Crippen LogP contribution >= 0.6 is 11.6 Å². The maximum Gasteiger partial charge on any atom is 0.275 e. The molecule has 1 aliphatic rings. The summed E-state index contributed by atoms with van der Waals surface area (Å²) < 4.78 is 48.7. The van der Waals surface area contributed by atoms with Crippen molar-refractivity contribution >= 4 is 32.7 Å². The number of alkyl halides is 1. The fraction of sp³-hybridized carbons (Fsp3) is 0.538. The number of hydrogen-bond acceptors (Lipinski definition) is 6. The molecule has 1 N–H and O–H groups in total. The summed E-state index contributed by atoms with van der Waals surface area (Å²) in [5.41, 5.74) is 1.67. The molecule has 0 spiro atoms. The van der Waals surface area contributed by atoms with Crippen LogP contribution < -0.4 is 10.3 Å². The Morgan fingerprint density at radius 1 is 1.16 bits per heavy atom. The first-order valence-corrected chi connectivity index (χ1v) is 14.9. The number of aromatic nitrogens is 3. The number of nitrogens with zero attached hydrogens (tertiary/aromatic N) is 4. The summed E-state index contributed by atoms with van der Waals surface area (Å²) in [7, 11) is -2.09. The fourth-order valence-electron chi connectivity index (χ4n) is 4.80. The van der Waals surface area contributed by atoms with Crippen LogP contribution in [0.25, 0.3) is 22.4 Å². The fourth-order valence-corrected chi connectivity index (χ4v) is 6.52. The Balaban J connectivity index is 1.77. The molecule has 9 nitrogen and oxygen atoms in total. The molecule has 0 atom stereocenters. The van der Waals surface area contributed by atoms with E-state index in [9.17, 15) is 17.6 Å². The van der Waals surface area contributed by atoms with Gasteiger partial charge >= 0.3 is 0 Å². The van der Waals surface area contributed by atoms with E-state index in [1.807, 2.05) is 13.8 Å². The Bertz CT molecular complexity index is 1450. The summed E-state index contributed by atoms with van der Waals surface area (Å²) in [4.78, 5) is 22.9. The largest absolute Gasteiger partial charge is 0.493 e. The predicted molar refractivity (Wildman–Crippen MR) is 147 cm³/mol. The number of nitrogens with one attached hydrogen (secondary N) is 1. The van der Waals surface area contributed by atoms with Gasteiger partial charge in [-0.1, -0.05) is 31.9 Å². The highest BCUT2D eigenvalue weighted by atomic mass is 35.5. The Morgan fingerprint density at radius 2 is 1.89 bits per heavy atom. The minimum atomic E-state index is -3.81. The van der Waals surface area contributed by atoms with E-state index in [-0.39, 0.29) is 23.0 Å². The summed E-state index contributed by atoms with van der Waals surface area (Å²) in [6.45, 7) is 6.38. The van der Waals surface area contributed by atoms with E-state index in [1.54, 1.807) is 17.7 Å². The van der Waals surface area contributed by atoms with E-state index < -0.39 is 10.0 Å². The van der Waals surface area contributed by atoms with Gasteiger partial charge in [0.25, 0.3) is 5.56 Å². The van der Waals surface area contributed by atoms with Crippen LogP contribution in [0.3, 0.4) is 0 Å². The molecule has 2 aromatic heterocycles. The van der Waals surface area contributed by atoms with Crippen LogP contribution in [0.1, 0.15) is 38.7 Å². The topological polar surface area (TPSA) is 101 Å². The minimum absolute atomic E-state index is 0.0937. The SMILES string of the molecule is CCCOc1ccc(S(=O)(=O)N2CCN(CCCF)CC2)cc1-c1nc2c(CCC)c(Cl)n(C)c2c(=O)[nH]1. The molecule has 1 aliphatic heterocycles. The van der Waals surface area contributed by atoms with E-state index in [0.717, 1.165) is 18.4 Å². The summed E-state index contributed by atoms with van der Waals surface area (Å²) >= 11 is 6.53. The highest BCUT2D eigenvalue weighted by Gasteiger charge is 2.30. The van der Waals surface area contributed by atoms with Crippen LogP contribution in [0.5, 0.6) is 5.75 Å². The van der Waals surface area contributed by atoms with E-state index in [1.165, 1.54) is 16.4 Å². The number of ether oxygens (including phenoxy) is 1. The average molecular weight is 568 g/mol. The zero-order valence-electron chi connectivity index (χ0n) is 22.1. The lowest BCUT2D eigenvalue weighted by atomic mass is 10.1. The third-order valence-electron chi connectivity index (χ3n) is 6.80. The molecular weight excluding hydrogens is 533 g/mol. The molecule has 0 aliphatic carbocycles. The van der Waals surface area contributed by atoms with Gasteiger partial charge in [0.15, 0.2) is 0 Å². The first kappa shape index (κ1) is 28.5. The van der Waals surface area contributed by atoms with Gasteiger partial charge < -0.3 is 19.2 Å². The van der Waals surface area contributed by atoms with Crippen LogP contribution in [0.2, 0.25) is 5.15 Å². The Hall–Kier alpha value is -2.47. The quantitative estimate of drug-likeness (QED) is 0.376. The van der Waals surface area contributed by atoms with Gasteiger partial charge in [0.1, 0.15) is 27.8 Å². The van der Waals surface area contributed by atoms with Crippen molar-refractivity contribution in [3.8, 4) is 17.1 Å². The first-order chi connectivity index (χ1) is 18.2. The Morgan fingerprint density at radius 3 is 2.55 bits per heavy atom. The Kier molecular flexibility index (Phi) is 9.12. The molecule has 1 fully saturated rings. The Labute approximate surface area is 227 Å². The highest BCUT2D eigenvalue weighted by Crippen LogP contribution is 2.34. The molecule has 4 rings (SSSR count). The smallest absolute Gasteiger partial charge is 0.275 e. The third-order valence-corrected chi connectivity index (χ3v) is 9.18. The van der Waals surface area contributed by atoms with Gasteiger partial charge in [-0.05, 0) is 37.5 Å². The lowest BCUT2D eigenvalue weighted by Crippen LogP contribution is -2.48. The van der Waals surface area contributed by atoms with Crippen LogP contribution in [0.4, 0.5) is 4.39 Å². The molecule has 1 saturated heterocycles. The summed E-state index contributed by atoms with van der Waals surface area (Å²) in [6.07, 6.45) is 2.67. The molecule has 0 unspecified atom stereocenters. The second-order valence-electron chi connectivity index (χ2n) is 9.48. The highest BCUT2D eigenvalue weighted by molar-refractivity contribution is 7.89. The van der Waals surface area contributed by atoms with Crippen molar-refractivity contribution in [1.29, 1.82) is 0 Å². The molecule has 208 valence electrons. The second-order valence-corrected chi connectivity index (χ2v) is 11.8. The molecule has 0 radical (unpaired) electrons. The number of rotatable bonds is 11. The standard InChI is InChI=1S/C26H35ClFN5O4S/c1-4-7-19-22-23(31(3)24(19)27)26(34)30-25(29-22)20-17-18(8-9-21(20)37-16-5-2)38(35,36)33-14-12-32(13-15-33)11-6-10-28/h8-9,17H,4-7,10-16H2,1-3H3,(H,29,30,34). The van der Waals surface area contributed by atoms with Crippen LogP contribution in [-0.2, 0) is 23.5 Å². The van der Waals surface area contributed by atoms with Gasteiger partial charge in [-0.25, -0.2) is 13.4 Å². The number of H-pyrrole nitrogens is 1. The van der Waals surface area contributed by atoms with Crippen molar-refractivity contribution in [3.05, 3.63) is 39.3 Å². The van der Waals surface area contributed by atoms with Gasteiger partial charge in [-0.15, -0.1) is 0 Å². The molecule has 0 bridgehead atoms. The minimum Gasteiger partial charge on any atom is -0.493 e. The van der Waals surface area contributed by atoms with Gasteiger partial charge in [0.2, 0.25) is 10.0 Å². The van der Waals surface area contributed by atoms with Gasteiger partial charge in [-0.3, -0.25) is 9.18 Å². The molecule has 12 heteroatoms. The maximum absolute atomic E-state index is 13.6. The molecule has 3 heterocycles. The molecular formula is C26H35ClFN5O4S. The monoisotopic (exact) mass is 567 g/mol.